The Morgan fingerprint density at radius 3 is 2.58 bits per heavy atom. The molecule has 9 nitrogen and oxygen atoms in total. The van der Waals surface area contributed by atoms with E-state index in [2.05, 4.69) is 0 Å². The van der Waals surface area contributed by atoms with Crippen LogP contribution in [0.15, 0.2) is 53.0 Å². The van der Waals surface area contributed by atoms with E-state index in [1.165, 1.54) is 7.11 Å². The van der Waals surface area contributed by atoms with E-state index in [0.717, 1.165) is 5.39 Å². The molecule has 0 saturated carbocycles. The number of carbonyl (C=O) groups excluding carboxylic acids is 3. The van der Waals surface area contributed by atoms with Gasteiger partial charge in [-0.15, -0.1) is 0 Å². The van der Waals surface area contributed by atoms with Gasteiger partial charge in [-0.25, -0.2) is 0 Å². The molecule has 0 bridgehead atoms. The van der Waals surface area contributed by atoms with Gasteiger partial charge in [0, 0.05) is 16.9 Å². The summed E-state index contributed by atoms with van der Waals surface area (Å²) in [7, 11) is 1.23. The Labute approximate surface area is 187 Å². The number of fused-ring (bicyclic) bond motifs is 4. The van der Waals surface area contributed by atoms with E-state index in [1.54, 1.807) is 12.1 Å². The maximum atomic E-state index is 13.5. The third kappa shape index (κ3) is 2.57. The molecular weight excluding hydrogens is 428 g/mol. The first-order valence-electron chi connectivity index (χ1n) is 10.4. The van der Waals surface area contributed by atoms with Gasteiger partial charge in [-0.1, -0.05) is 30.3 Å². The predicted octanol–water partition coefficient (Wildman–Crippen LogP) is 0.759. The molecule has 2 aromatic rings. The number of aromatic hydroxyl groups is 1. The molecule has 5 rings (SSSR count). The van der Waals surface area contributed by atoms with E-state index >= 15 is 0 Å². The smallest absolute Gasteiger partial charge is 0.255 e. The number of nitrogens with two attached hydrogens (primary N) is 2. The number of ketones is 2. The second-order valence-corrected chi connectivity index (χ2v) is 8.74. The number of benzene rings is 2. The molecule has 170 valence electrons. The van der Waals surface area contributed by atoms with Crippen LogP contribution in [0.5, 0.6) is 5.75 Å². The number of Topliss-reactive ketones (excluding diaryl/α,β-unsaturated/α-hetero) is 2. The number of hydrogen-bond donors (Lipinski definition) is 5. The average Bonchev–Trinajstić information content (AvgIpc) is 2.77. The Kier molecular flexibility index (Phi) is 4.43. The number of methoxy groups -OCH3 is 1. The number of amides is 1. The predicted molar refractivity (Wildman–Crippen MR) is 116 cm³/mol. The van der Waals surface area contributed by atoms with E-state index in [0.29, 0.717) is 10.9 Å². The highest BCUT2D eigenvalue weighted by atomic mass is 16.5. The molecule has 33 heavy (non-hydrogen) atoms. The Morgan fingerprint density at radius 1 is 1.21 bits per heavy atom. The standard InChI is InChI=1S/C24H22N2O7/c1-33-20-16(23(26)31)22(30)24(32)13(17(20)25)8-11-7-10-6-9-4-2-3-5-12(9)18(27)14(10)19(28)15(11)21(24)29/h2-6,11,13,17,27,29,32H,7-8,25H2,1H3,(H2,26,31)/t11-,13-,17-,24-/m0/s1. The molecule has 9 heteroatoms. The van der Waals surface area contributed by atoms with Crippen LogP contribution in [0.3, 0.4) is 0 Å². The minimum Gasteiger partial charge on any atom is -0.508 e. The van der Waals surface area contributed by atoms with Crippen molar-refractivity contribution in [3.8, 4) is 5.75 Å². The number of aliphatic hydroxyl groups excluding tert-OH is 1. The maximum absolute atomic E-state index is 13.5. The quantitative estimate of drug-likeness (QED) is 0.417. The number of phenolic OH excluding ortho intramolecular Hbond substituents is 1. The molecule has 7 N–H and O–H groups in total. The number of ether oxygens (including phenoxy) is 1. The van der Waals surface area contributed by atoms with Crippen molar-refractivity contribution in [1.82, 2.24) is 0 Å². The second kappa shape index (κ2) is 6.90. The molecule has 4 atom stereocenters. The van der Waals surface area contributed by atoms with Crippen molar-refractivity contribution in [2.45, 2.75) is 24.5 Å². The van der Waals surface area contributed by atoms with Crippen LogP contribution in [0.4, 0.5) is 0 Å². The molecule has 0 heterocycles. The van der Waals surface area contributed by atoms with E-state index in [9.17, 15) is 29.7 Å². The monoisotopic (exact) mass is 450 g/mol. The molecule has 1 amide bonds. The van der Waals surface area contributed by atoms with Gasteiger partial charge in [-0.2, -0.15) is 0 Å². The zero-order chi connectivity index (χ0) is 23.8. The van der Waals surface area contributed by atoms with Gasteiger partial charge in [0.2, 0.25) is 5.78 Å². The molecule has 0 spiro atoms. The first kappa shape index (κ1) is 21.2. The van der Waals surface area contributed by atoms with E-state index < -0.39 is 52.3 Å². The van der Waals surface area contributed by atoms with Crippen molar-refractivity contribution in [3.05, 3.63) is 64.1 Å². The summed E-state index contributed by atoms with van der Waals surface area (Å²) in [6.07, 6.45) is 0.349. The first-order valence-corrected chi connectivity index (χ1v) is 10.4. The number of phenols is 1. The minimum absolute atomic E-state index is 0.0179. The molecule has 0 saturated heterocycles. The molecule has 0 aliphatic heterocycles. The zero-order valence-corrected chi connectivity index (χ0v) is 17.7. The number of rotatable bonds is 2. The van der Waals surface area contributed by atoms with Gasteiger partial charge in [0.1, 0.15) is 22.8 Å². The minimum atomic E-state index is -2.61. The number of aliphatic hydroxyl groups is 2. The summed E-state index contributed by atoms with van der Waals surface area (Å²) in [5.74, 6) is -5.88. The molecule has 0 unspecified atom stereocenters. The van der Waals surface area contributed by atoms with Crippen LogP contribution in [-0.2, 0) is 20.7 Å². The third-order valence-electron chi connectivity index (χ3n) is 7.16. The van der Waals surface area contributed by atoms with Crippen LogP contribution < -0.4 is 11.5 Å². The molecule has 2 aromatic carbocycles. The fraction of sp³-hybridized carbons (Fsp3) is 0.292. The van der Waals surface area contributed by atoms with Crippen molar-refractivity contribution in [1.29, 1.82) is 0 Å². The number of primary amides is 1. The van der Waals surface area contributed by atoms with Crippen LogP contribution in [0.2, 0.25) is 0 Å². The van der Waals surface area contributed by atoms with Crippen molar-refractivity contribution in [2.75, 3.05) is 7.11 Å². The van der Waals surface area contributed by atoms with Crippen LogP contribution in [0.1, 0.15) is 22.3 Å². The lowest BCUT2D eigenvalue weighted by Gasteiger charge is -2.48. The van der Waals surface area contributed by atoms with Crippen molar-refractivity contribution in [2.24, 2.45) is 23.3 Å². The van der Waals surface area contributed by atoms with Gasteiger partial charge in [0.15, 0.2) is 11.4 Å². The Balaban J connectivity index is 1.73. The summed E-state index contributed by atoms with van der Waals surface area (Å²) >= 11 is 0. The summed E-state index contributed by atoms with van der Waals surface area (Å²) in [5, 5.41) is 34.6. The lowest BCUT2D eigenvalue weighted by atomic mass is 9.59. The first-order chi connectivity index (χ1) is 15.6. The third-order valence-corrected chi connectivity index (χ3v) is 7.16. The lowest BCUT2D eigenvalue weighted by molar-refractivity contribution is -0.145. The fourth-order valence-corrected chi connectivity index (χ4v) is 5.65. The molecular formula is C24H22N2O7. The Morgan fingerprint density at radius 2 is 1.91 bits per heavy atom. The number of allylic oxidation sites excluding steroid dienone is 1. The summed E-state index contributed by atoms with van der Waals surface area (Å²) in [5.41, 5.74) is 8.80. The van der Waals surface area contributed by atoms with Gasteiger partial charge in [-0.05, 0) is 29.7 Å². The highest BCUT2D eigenvalue weighted by Gasteiger charge is 2.62. The van der Waals surface area contributed by atoms with Gasteiger partial charge in [-0.3, -0.25) is 14.4 Å². The summed E-state index contributed by atoms with van der Waals surface area (Å²) in [6, 6.07) is 7.72. The van der Waals surface area contributed by atoms with E-state index in [-0.39, 0.29) is 35.5 Å². The topological polar surface area (TPSA) is 173 Å². The van der Waals surface area contributed by atoms with Crippen molar-refractivity contribution < 1.29 is 34.4 Å². The number of hydrogen-bond acceptors (Lipinski definition) is 8. The normalized spacial score (nSPS) is 29.0. The molecule has 0 aromatic heterocycles. The van der Waals surface area contributed by atoms with Gasteiger partial charge in [0.25, 0.3) is 5.91 Å². The van der Waals surface area contributed by atoms with Crippen LogP contribution >= 0.6 is 0 Å². The fourth-order valence-electron chi connectivity index (χ4n) is 5.65. The summed E-state index contributed by atoms with van der Waals surface area (Å²) < 4.78 is 5.18. The zero-order valence-electron chi connectivity index (χ0n) is 17.7. The van der Waals surface area contributed by atoms with E-state index in [1.807, 2.05) is 18.2 Å². The molecule has 3 aliphatic carbocycles. The van der Waals surface area contributed by atoms with Crippen LogP contribution in [0.25, 0.3) is 10.8 Å². The molecule has 0 fully saturated rings. The van der Waals surface area contributed by atoms with Gasteiger partial charge in [0.05, 0.1) is 18.7 Å². The summed E-state index contributed by atoms with van der Waals surface area (Å²) in [4.78, 5) is 38.7. The number of carbonyl (C=O) groups is 3. The van der Waals surface area contributed by atoms with Crippen molar-refractivity contribution in [3.63, 3.8) is 0 Å². The van der Waals surface area contributed by atoms with Crippen LogP contribution in [-0.4, -0.2) is 51.5 Å². The Bertz CT molecular complexity index is 1340. The van der Waals surface area contributed by atoms with Crippen LogP contribution in [0, 0.1) is 11.8 Å². The molecule has 3 aliphatic rings. The van der Waals surface area contributed by atoms with Gasteiger partial charge >= 0.3 is 0 Å². The Hall–Kier alpha value is -3.69. The second-order valence-electron chi connectivity index (χ2n) is 8.74. The molecule has 0 radical (unpaired) electrons. The highest BCUT2D eigenvalue weighted by molar-refractivity contribution is 6.25. The highest BCUT2D eigenvalue weighted by Crippen LogP contribution is 2.52. The van der Waals surface area contributed by atoms with Gasteiger partial charge < -0.3 is 31.5 Å². The van der Waals surface area contributed by atoms with E-state index in [4.69, 9.17) is 16.2 Å². The average molecular weight is 450 g/mol. The summed E-state index contributed by atoms with van der Waals surface area (Å²) in [6.45, 7) is 0. The maximum Gasteiger partial charge on any atom is 0.255 e. The SMILES string of the molecule is COC1=C(C(N)=O)C(=O)[C@@]2(O)C(O)=C3C(=O)c4c(cc5ccccc5c4O)C[C@H]3C[C@H]2[C@@H]1N. The largest absolute Gasteiger partial charge is 0.508 e. The lowest BCUT2D eigenvalue weighted by Crippen LogP contribution is -2.63. The van der Waals surface area contributed by atoms with Crippen molar-refractivity contribution >= 4 is 28.2 Å².